The molecule has 1 atom stereocenters. The maximum atomic E-state index is 13.5. The molecular weight excluding hydrogens is 450 g/mol. The number of aromatic nitrogens is 2. The molecule has 176 valence electrons. The lowest BCUT2D eigenvalue weighted by atomic mass is 9.98. The summed E-state index contributed by atoms with van der Waals surface area (Å²) in [4.78, 5) is 23.1. The van der Waals surface area contributed by atoms with Crippen molar-refractivity contribution in [3.8, 4) is 10.7 Å². The molecule has 2 aliphatic rings. The van der Waals surface area contributed by atoms with Crippen molar-refractivity contribution < 1.29 is 17.7 Å². The van der Waals surface area contributed by atoms with Crippen LogP contribution in [0.25, 0.3) is 10.7 Å². The highest BCUT2D eigenvalue weighted by Crippen LogP contribution is 2.35. The lowest BCUT2D eigenvalue weighted by Crippen LogP contribution is -2.52. The minimum atomic E-state index is -3.72. The summed E-state index contributed by atoms with van der Waals surface area (Å²) in [5, 5.41) is 4.01. The molecule has 0 aliphatic carbocycles. The Morgan fingerprint density at radius 3 is 2.59 bits per heavy atom. The van der Waals surface area contributed by atoms with Gasteiger partial charge in [0.1, 0.15) is 0 Å². The number of nitrogens with zero attached hydrogens (tertiary/aromatic N) is 5. The highest BCUT2D eigenvalue weighted by atomic mass is 32.2. The zero-order chi connectivity index (χ0) is 23.0. The molecule has 32 heavy (non-hydrogen) atoms. The van der Waals surface area contributed by atoms with Crippen LogP contribution in [0.2, 0.25) is 0 Å². The largest absolute Gasteiger partial charge is 0.340 e. The van der Waals surface area contributed by atoms with Crippen LogP contribution in [-0.2, 0) is 14.8 Å². The van der Waals surface area contributed by atoms with Gasteiger partial charge >= 0.3 is 0 Å². The first-order chi connectivity index (χ1) is 15.2. The summed E-state index contributed by atoms with van der Waals surface area (Å²) in [7, 11) is -1.67. The van der Waals surface area contributed by atoms with E-state index in [1.54, 1.807) is 13.0 Å². The minimum absolute atomic E-state index is 0.0775. The van der Waals surface area contributed by atoms with Crippen LogP contribution in [0.15, 0.2) is 15.5 Å². The Bertz CT molecular complexity index is 1070. The van der Waals surface area contributed by atoms with Crippen molar-refractivity contribution in [3.05, 3.63) is 16.8 Å². The Balaban J connectivity index is 1.51. The average molecular weight is 482 g/mol. The minimum Gasteiger partial charge on any atom is -0.340 e. The summed E-state index contributed by atoms with van der Waals surface area (Å²) in [5.41, 5.74) is 0. The number of aryl methyl sites for hydroxylation is 1. The van der Waals surface area contributed by atoms with E-state index >= 15 is 0 Å². The van der Waals surface area contributed by atoms with Gasteiger partial charge < -0.3 is 14.3 Å². The zero-order valence-corrected chi connectivity index (χ0v) is 20.7. The van der Waals surface area contributed by atoms with Crippen LogP contribution >= 0.6 is 11.3 Å². The van der Waals surface area contributed by atoms with E-state index in [0.717, 1.165) is 19.5 Å². The maximum Gasteiger partial charge on any atom is 0.244 e. The molecule has 0 spiro atoms. The third-order valence-electron chi connectivity index (χ3n) is 6.19. The lowest BCUT2D eigenvalue weighted by molar-refractivity contribution is -0.138. The fourth-order valence-corrected chi connectivity index (χ4v) is 7.20. The van der Waals surface area contributed by atoms with Crippen LogP contribution in [0.4, 0.5) is 0 Å². The van der Waals surface area contributed by atoms with E-state index < -0.39 is 10.0 Å². The molecule has 2 aliphatic heterocycles. The number of carbonyl (C=O) groups is 1. The van der Waals surface area contributed by atoms with Crippen molar-refractivity contribution in [1.82, 2.24) is 24.2 Å². The highest BCUT2D eigenvalue weighted by Gasteiger charge is 2.37. The number of likely N-dealkylation sites (N-methyl/N-ethyl adjacent to an activating group) is 1. The molecule has 9 nitrogen and oxygen atoms in total. The van der Waals surface area contributed by atoms with Crippen molar-refractivity contribution in [1.29, 1.82) is 0 Å². The summed E-state index contributed by atoms with van der Waals surface area (Å²) < 4.78 is 33.7. The monoisotopic (exact) mass is 481 g/mol. The molecule has 0 radical (unpaired) electrons. The molecule has 4 heterocycles. The van der Waals surface area contributed by atoms with E-state index in [1.165, 1.54) is 15.6 Å². The molecule has 0 aromatic carbocycles. The summed E-state index contributed by atoms with van der Waals surface area (Å²) in [5.74, 6) is 0.824. The van der Waals surface area contributed by atoms with Gasteiger partial charge in [0.05, 0.1) is 15.7 Å². The molecule has 0 saturated carbocycles. The molecule has 2 aromatic rings. The molecular formula is C21H31N5O4S2. The third-order valence-corrected chi connectivity index (χ3v) is 9.36. The Hall–Kier alpha value is -1.82. The Kier molecular flexibility index (Phi) is 6.71. The highest BCUT2D eigenvalue weighted by molar-refractivity contribution is 7.89. The summed E-state index contributed by atoms with van der Waals surface area (Å²) in [6.07, 6.45) is 1.41. The second kappa shape index (κ2) is 9.20. The summed E-state index contributed by atoms with van der Waals surface area (Å²) >= 11 is 1.34. The quantitative estimate of drug-likeness (QED) is 0.646. The molecule has 11 heteroatoms. The number of hydrogen-bond acceptors (Lipinski definition) is 8. The van der Waals surface area contributed by atoms with Crippen LogP contribution in [0.1, 0.15) is 43.4 Å². The van der Waals surface area contributed by atoms with E-state index in [4.69, 9.17) is 4.52 Å². The Morgan fingerprint density at radius 2 is 1.94 bits per heavy atom. The Labute approximate surface area is 193 Å². The molecule has 2 saturated heterocycles. The van der Waals surface area contributed by atoms with Gasteiger partial charge in [0, 0.05) is 50.1 Å². The van der Waals surface area contributed by atoms with Gasteiger partial charge in [0.15, 0.2) is 0 Å². The van der Waals surface area contributed by atoms with E-state index in [0.29, 0.717) is 47.5 Å². The van der Waals surface area contributed by atoms with E-state index in [2.05, 4.69) is 15.0 Å². The number of thiophene rings is 1. The van der Waals surface area contributed by atoms with E-state index in [9.17, 15) is 13.2 Å². The molecule has 2 fully saturated rings. The second-order valence-corrected chi connectivity index (χ2v) is 12.1. The van der Waals surface area contributed by atoms with Gasteiger partial charge in [0.2, 0.25) is 27.6 Å². The number of amides is 1. The fourth-order valence-electron chi connectivity index (χ4n) is 4.19. The zero-order valence-electron chi connectivity index (χ0n) is 19.1. The number of rotatable bonds is 5. The fraction of sp³-hybridized carbons (Fsp3) is 0.667. The van der Waals surface area contributed by atoms with Crippen LogP contribution in [0.5, 0.6) is 0 Å². The smallest absolute Gasteiger partial charge is 0.244 e. The van der Waals surface area contributed by atoms with E-state index in [1.807, 2.05) is 25.8 Å². The molecule has 0 N–H and O–H groups in total. The first kappa shape index (κ1) is 23.3. The van der Waals surface area contributed by atoms with Crippen LogP contribution in [0, 0.1) is 12.8 Å². The SMILES string of the molecule is Cc1sc(-c2noc(C(C)C)n2)cc1S(=O)(=O)N1CCC[C@@H](C(=O)N2CCN(C)CC2)C1. The number of carbonyl (C=O) groups excluding carboxylic acids is 1. The molecule has 2 aromatic heterocycles. The summed E-state index contributed by atoms with van der Waals surface area (Å²) in [6.45, 7) is 9.49. The van der Waals surface area contributed by atoms with Gasteiger partial charge in [-0.2, -0.15) is 9.29 Å². The first-order valence-electron chi connectivity index (χ1n) is 11.1. The maximum absolute atomic E-state index is 13.5. The normalized spacial score (nSPS) is 21.4. The number of piperidine rings is 1. The number of sulfonamides is 1. The second-order valence-electron chi connectivity index (χ2n) is 8.97. The lowest BCUT2D eigenvalue weighted by Gasteiger charge is -2.37. The number of hydrogen-bond donors (Lipinski definition) is 0. The predicted molar refractivity (Wildman–Crippen MR) is 122 cm³/mol. The van der Waals surface area contributed by atoms with Gasteiger partial charge in [-0.15, -0.1) is 11.3 Å². The van der Waals surface area contributed by atoms with Gasteiger partial charge in [0.25, 0.3) is 0 Å². The van der Waals surface area contributed by atoms with Crippen molar-refractivity contribution in [2.45, 2.75) is 44.4 Å². The molecule has 0 bridgehead atoms. The third kappa shape index (κ3) is 4.61. The van der Waals surface area contributed by atoms with Crippen LogP contribution in [-0.4, -0.2) is 84.9 Å². The molecule has 4 rings (SSSR count). The topological polar surface area (TPSA) is 99.8 Å². The number of piperazine rings is 1. The van der Waals surface area contributed by atoms with Crippen molar-refractivity contribution in [2.24, 2.45) is 5.92 Å². The predicted octanol–water partition coefficient (Wildman–Crippen LogP) is 2.40. The van der Waals surface area contributed by atoms with Gasteiger partial charge in [-0.25, -0.2) is 8.42 Å². The summed E-state index contributed by atoms with van der Waals surface area (Å²) in [6, 6.07) is 1.64. The van der Waals surface area contributed by atoms with Gasteiger partial charge in [-0.05, 0) is 32.9 Å². The van der Waals surface area contributed by atoms with E-state index in [-0.39, 0.29) is 29.2 Å². The van der Waals surface area contributed by atoms with Crippen molar-refractivity contribution in [3.63, 3.8) is 0 Å². The standard InChI is InChI=1S/C21H31N5O4S2/c1-14(2)20-22-19(23-30-20)17-12-18(15(3)31-17)32(28,29)26-7-5-6-16(13-26)21(27)25-10-8-24(4)9-11-25/h12,14,16H,5-11,13H2,1-4H3/t16-/m1/s1. The van der Waals surface area contributed by atoms with Gasteiger partial charge in [-0.1, -0.05) is 19.0 Å². The van der Waals surface area contributed by atoms with Gasteiger partial charge in [-0.3, -0.25) is 4.79 Å². The van der Waals surface area contributed by atoms with Crippen LogP contribution in [0.3, 0.4) is 0 Å². The first-order valence-corrected chi connectivity index (χ1v) is 13.3. The molecule has 1 amide bonds. The average Bonchev–Trinajstić information content (AvgIpc) is 3.41. The molecule has 0 unspecified atom stereocenters. The van der Waals surface area contributed by atoms with Crippen molar-refractivity contribution in [2.75, 3.05) is 46.3 Å². The Morgan fingerprint density at radius 1 is 1.22 bits per heavy atom. The van der Waals surface area contributed by atoms with Crippen molar-refractivity contribution >= 4 is 27.3 Å². The van der Waals surface area contributed by atoms with Crippen LogP contribution < -0.4 is 0 Å².